The normalized spacial score (nSPS) is 14.8. The Morgan fingerprint density at radius 1 is 1.34 bits per heavy atom. The lowest BCUT2D eigenvalue weighted by Gasteiger charge is -2.37. The molecule has 0 radical (unpaired) electrons. The van der Waals surface area contributed by atoms with Crippen molar-refractivity contribution in [3.63, 3.8) is 0 Å². The van der Waals surface area contributed by atoms with Crippen LogP contribution in [0.1, 0.15) is 34.3 Å². The minimum Gasteiger partial charge on any atom is -0.356 e. The van der Waals surface area contributed by atoms with Crippen LogP contribution in [0.3, 0.4) is 0 Å². The third-order valence-corrected chi connectivity index (χ3v) is 5.63. The fourth-order valence-corrected chi connectivity index (χ4v) is 3.91. The molecular weight excluding hydrogens is 371 g/mol. The molecular formula is C21H21FN6O. The summed E-state index contributed by atoms with van der Waals surface area (Å²) in [6.07, 6.45) is 4.90. The Balaban J connectivity index is 1.47. The molecule has 3 heterocycles. The zero-order valence-corrected chi connectivity index (χ0v) is 16.3. The van der Waals surface area contributed by atoms with Gasteiger partial charge in [0.15, 0.2) is 0 Å². The van der Waals surface area contributed by atoms with Gasteiger partial charge in [-0.25, -0.2) is 14.4 Å². The van der Waals surface area contributed by atoms with Crippen LogP contribution in [0.15, 0.2) is 30.7 Å². The Morgan fingerprint density at radius 3 is 2.83 bits per heavy atom. The maximum Gasteiger partial charge on any atom is 0.256 e. The Kier molecular flexibility index (Phi) is 4.89. The van der Waals surface area contributed by atoms with Gasteiger partial charge >= 0.3 is 0 Å². The topological polar surface area (TPSA) is 88.9 Å². The summed E-state index contributed by atoms with van der Waals surface area (Å²) in [5, 5.41) is 9.98. The molecule has 4 rings (SSSR count). The van der Waals surface area contributed by atoms with E-state index in [0.717, 1.165) is 35.8 Å². The molecule has 0 saturated carbocycles. The van der Waals surface area contributed by atoms with E-state index >= 15 is 0 Å². The number of aryl methyl sites for hydroxylation is 1. The molecule has 0 unspecified atom stereocenters. The van der Waals surface area contributed by atoms with Crippen LogP contribution >= 0.6 is 0 Å². The highest BCUT2D eigenvalue weighted by atomic mass is 19.1. The summed E-state index contributed by atoms with van der Waals surface area (Å²) in [5.41, 5.74) is 1.67. The zero-order valence-electron chi connectivity index (χ0n) is 16.3. The van der Waals surface area contributed by atoms with Gasteiger partial charge in [0.05, 0.1) is 22.6 Å². The van der Waals surface area contributed by atoms with Crippen LogP contribution in [0.4, 0.5) is 10.2 Å². The van der Waals surface area contributed by atoms with Crippen LogP contribution in [0.2, 0.25) is 0 Å². The molecule has 1 aromatic carbocycles. The highest BCUT2D eigenvalue weighted by molar-refractivity contribution is 5.95. The van der Waals surface area contributed by atoms with Crippen molar-refractivity contribution in [1.29, 1.82) is 5.26 Å². The summed E-state index contributed by atoms with van der Waals surface area (Å²) < 4.78 is 14.3. The number of nitrogens with zero attached hydrogens (tertiary/aromatic N) is 5. The van der Waals surface area contributed by atoms with Gasteiger partial charge in [0, 0.05) is 32.4 Å². The number of fused-ring (bicyclic) bond motifs is 1. The monoisotopic (exact) mass is 392 g/mol. The molecule has 7 nitrogen and oxygen atoms in total. The number of hydrogen-bond donors (Lipinski definition) is 1. The number of likely N-dealkylation sites (tertiary alicyclic amines) is 1. The number of nitriles is 1. The van der Waals surface area contributed by atoms with Crippen molar-refractivity contribution in [2.75, 3.05) is 25.0 Å². The predicted octanol–water partition coefficient (Wildman–Crippen LogP) is 3.02. The molecule has 1 fully saturated rings. The fraction of sp³-hybridized carbons (Fsp3) is 0.333. The highest BCUT2D eigenvalue weighted by Crippen LogP contribution is 2.27. The van der Waals surface area contributed by atoms with Crippen molar-refractivity contribution in [2.45, 2.75) is 25.8 Å². The number of rotatable bonds is 3. The lowest BCUT2D eigenvalue weighted by atomic mass is 10.0. The first-order valence-electron chi connectivity index (χ1n) is 9.50. The van der Waals surface area contributed by atoms with Crippen LogP contribution < -0.4 is 4.90 Å². The molecule has 2 aromatic heterocycles. The maximum absolute atomic E-state index is 14.3. The van der Waals surface area contributed by atoms with Crippen LogP contribution in [0, 0.1) is 24.1 Å². The molecule has 1 N–H and O–H groups in total. The number of amides is 1. The number of piperidine rings is 1. The van der Waals surface area contributed by atoms with Gasteiger partial charge in [-0.1, -0.05) is 0 Å². The molecule has 1 aliphatic rings. The summed E-state index contributed by atoms with van der Waals surface area (Å²) >= 11 is 0. The summed E-state index contributed by atoms with van der Waals surface area (Å²) in [6.45, 7) is 2.78. The Labute approximate surface area is 167 Å². The standard InChI is InChI=1S/C21H21FN6O/c1-13-9-17(18(22)10-14(13)11-23)21(29)28-7-4-15(5-8-28)27(2)20-16-3-6-24-19(16)25-12-26-20/h3,6,9-10,12,15H,4-5,7-8H2,1-2H3,(H,24,25,26). The van der Waals surface area contributed by atoms with Gasteiger partial charge < -0.3 is 14.8 Å². The van der Waals surface area contributed by atoms with E-state index in [1.165, 1.54) is 6.07 Å². The lowest BCUT2D eigenvalue weighted by Crippen LogP contribution is -2.46. The molecule has 0 spiro atoms. The quantitative estimate of drug-likeness (QED) is 0.740. The van der Waals surface area contributed by atoms with Crippen molar-refractivity contribution in [3.8, 4) is 6.07 Å². The van der Waals surface area contributed by atoms with Crippen molar-refractivity contribution < 1.29 is 9.18 Å². The third-order valence-electron chi connectivity index (χ3n) is 5.63. The van der Waals surface area contributed by atoms with Crippen LogP contribution in [0.25, 0.3) is 11.0 Å². The summed E-state index contributed by atoms with van der Waals surface area (Å²) in [7, 11) is 2.00. The van der Waals surface area contributed by atoms with Gasteiger partial charge in [0.2, 0.25) is 0 Å². The molecule has 29 heavy (non-hydrogen) atoms. The Hall–Kier alpha value is -3.47. The first-order chi connectivity index (χ1) is 14.0. The van der Waals surface area contributed by atoms with Crippen LogP contribution in [0.5, 0.6) is 0 Å². The first-order valence-corrected chi connectivity index (χ1v) is 9.50. The summed E-state index contributed by atoms with van der Waals surface area (Å²) in [5.74, 6) is -0.117. The second kappa shape index (κ2) is 7.51. The van der Waals surface area contributed by atoms with Crippen molar-refractivity contribution in [1.82, 2.24) is 19.9 Å². The number of aromatic nitrogens is 3. The smallest absolute Gasteiger partial charge is 0.256 e. The second-order valence-corrected chi connectivity index (χ2v) is 7.33. The second-order valence-electron chi connectivity index (χ2n) is 7.33. The number of hydrogen-bond acceptors (Lipinski definition) is 5. The predicted molar refractivity (Wildman–Crippen MR) is 107 cm³/mol. The van der Waals surface area contributed by atoms with E-state index in [1.54, 1.807) is 18.2 Å². The van der Waals surface area contributed by atoms with E-state index in [1.807, 2.05) is 25.4 Å². The van der Waals surface area contributed by atoms with E-state index in [-0.39, 0.29) is 23.1 Å². The molecule has 148 valence electrons. The number of anilines is 1. The molecule has 0 aliphatic carbocycles. The Bertz CT molecular complexity index is 1110. The third kappa shape index (κ3) is 3.40. The highest BCUT2D eigenvalue weighted by Gasteiger charge is 2.28. The number of benzene rings is 1. The number of halogens is 1. The number of carbonyl (C=O) groups is 1. The van der Waals surface area contributed by atoms with Crippen LogP contribution in [-0.2, 0) is 0 Å². The van der Waals surface area contributed by atoms with Gasteiger partial charge in [0.1, 0.15) is 23.6 Å². The molecule has 0 atom stereocenters. The summed E-state index contributed by atoms with van der Waals surface area (Å²) in [4.78, 5) is 28.4. The Morgan fingerprint density at radius 2 is 2.10 bits per heavy atom. The van der Waals surface area contributed by atoms with Gasteiger partial charge in [-0.3, -0.25) is 4.79 Å². The van der Waals surface area contributed by atoms with Crippen LogP contribution in [-0.4, -0.2) is 51.9 Å². The summed E-state index contributed by atoms with van der Waals surface area (Å²) in [6, 6.07) is 6.73. The van der Waals surface area contributed by atoms with Gasteiger partial charge in [-0.05, 0) is 43.5 Å². The van der Waals surface area contributed by atoms with Gasteiger partial charge in [-0.2, -0.15) is 5.26 Å². The van der Waals surface area contributed by atoms with E-state index < -0.39 is 5.82 Å². The number of carbonyl (C=O) groups excluding carboxylic acids is 1. The fourth-order valence-electron chi connectivity index (χ4n) is 3.91. The molecule has 8 heteroatoms. The molecule has 0 bridgehead atoms. The average Bonchev–Trinajstić information content (AvgIpc) is 3.23. The van der Waals surface area contributed by atoms with E-state index in [4.69, 9.17) is 5.26 Å². The van der Waals surface area contributed by atoms with Gasteiger partial charge in [-0.15, -0.1) is 0 Å². The van der Waals surface area contributed by atoms with Crippen molar-refractivity contribution >= 4 is 22.8 Å². The molecule has 1 aliphatic heterocycles. The van der Waals surface area contributed by atoms with Crippen molar-refractivity contribution in [2.24, 2.45) is 0 Å². The lowest BCUT2D eigenvalue weighted by molar-refractivity contribution is 0.0708. The molecule has 1 saturated heterocycles. The average molecular weight is 392 g/mol. The van der Waals surface area contributed by atoms with E-state index in [0.29, 0.717) is 18.7 Å². The maximum atomic E-state index is 14.3. The number of aromatic amines is 1. The van der Waals surface area contributed by atoms with Gasteiger partial charge in [0.25, 0.3) is 5.91 Å². The number of nitrogens with one attached hydrogen (secondary N) is 1. The first kappa shape index (κ1) is 18.9. The zero-order chi connectivity index (χ0) is 20.5. The van der Waals surface area contributed by atoms with Crippen molar-refractivity contribution in [3.05, 3.63) is 53.2 Å². The molecule has 3 aromatic rings. The molecule has 1 amide bonds. The minimum absolute atomic E-state index is 0.0261. The van der Waals surface area contributed by atoms with E-state index in [2.05, 4.69) is 19.9 Å². The minimum atomic E-state index is -0.646. The SMILES string of the molecule is Cc1cc(C(=O)N2CCC(N(C)c3ncnc4[nH]ccc34)CC2)c(F)cc1C#N. The van der Waals surface area contributed by atoms with E-state index in [9.17, 15) is 9.18 Å². The largest absolute Gasteiger partial charge is 0.356 e. The number of H-pyrrole nitrogens is 1.